The number of amides is 1. The van der Waals surface area contributed by atoms with Gasteiger partial charge in [0.2, 0.25) is 11.9 Å². The number of hydrogen-bond acceptors (Lipinski definition) is 5. The minimum Gasteiger partial charge on any atom is -0.378 e. The van der Waals surface area contributed by atoms with Crippen molar-refractivity contribution in [1.29, 1.82) is 5.26 Å². The minimum absolute atomic E-state index is 0.0838. The molecule has 2 aromatic rings. The normalized spacial score (nSPS) is 20.3. The maximum absolute atomic E-state index is 12.3. The van der Waals surface area contributed by atoms with Gasteiger partial charge in [0.05, 0.1) is 30.2 Å². The molecule has 1 aliphatic rings. The van der Waals surface area contributed by atoms with E-state index in [1.165, 1.54) is 0 Å². The number of aromatic nitrogens is 3. The molecule has 1 aliphatic heterocycles. The molecule has 124 valence electrons. The monoisotopic (exact) mass is 325 g/mol. The summed E-state index contributed by atoms with van der Waals surface area (Å²) in [4.78, 5) is 16.4. The van der Waals surface area contributed by atoms with Crippen molar-refractivity contribution in [3.63, 3.8) is 0 Å². The van der Waals surface area contributed by atoms with Gasteiger partial charge in [-0.1, -0.05) is 12.1 Å². The molecule has 0 bridgehead atoms. The van der Waals surface area contributed by atoms with E-state index in [1.54, 1.807) is 23.1 Å². The quantitative estimate of drug-likeness (QED) is 0.927. The summed E-state index contributed by atoms with van der Waals surface area (Å²) in [7, 11) is 0. The smallest absolute Gasteiger partial charge is 0.248 e. The molecule has 7 nitrogen and oxygen atoms in total. The van der Waals surface area contributed by atoms with Gasteiger partial charge < -0.3 is 4.74 Å². The van der Waals surface area contributed by atoms with Crippen LogP contribution in [-0.4, -0.2) is 33.4 Å². The first-order valence-electron chi connectivity index (χ1n) is 7.96. The van der Waals surface area contributed by atoms with Crippen LogP contribution in [0.25, 0.3) is 0 Å². The zero-order chi connectivity index (χ0) is 16.9. The number of rotatable bonds is 4. The molecule has 1 N–H and O–H groups in total. The summed E-state index contributed by atoms with van der Waals surface area (Å²) in [6.45, 7) is 3.15. The van der Waals surface area contributed by atoms with E-state index in [-0.39, 0.29) is 17.9 Å². The lowest BCUT2D eigenvalue weighted by molar-refractivity contribution is -0.127. The Morgan fingerprint density at radius 1 is 1.46 bits per heavy atom. The second-order valence-electron chi connectivity index (χ2n) is 5.89. The predicted octanol–water partition coefficient (Wildman–Crippen LogP) is 1.95. The summed E-state index contributed by atoms with van der Waals surface area (Å²) in [6.07, 6.45) is 3.20. The van der Waals surface area contributed by atoms with Crippen LogP contribution in [0, 0.1) is 17.2 Å². The molecule has 1 amide bonds. The molecule has 2 unspecified atom stereocenters. The lowest BCUT2D eigenvalue weighted by Crippen LogP contribution is -2.36. The first-order chi connectivity index (χ1) is 11.7. The molecule has 1 fully saturated rings. The van der Waals surface area contributed by atoms with Crippen molar-refractivity contribution in [2.45, 2.75) is 32.4 Å². The van der Waals surface area contributed by atoms with Gasteiger partial charge in [0.15, 0.2) is 0 Å². The second kappa shape index (κ2) is 7.23. The van der Waals surface area contributed by atoms with Crippen molar-refractivity contribution in [2.24, 2.45) is 5.92 Å². The Hall–Kier alpha value is -2.72. The molecule has 1 aromatic heterocycles. The van der Waals surface area contributed by atoms with E-state index in [0.717, 1.165) is 18.4 Å². The summed E-state index contributed by atoms with van der Waals surface area (Å²) in [5.41, 5.74) is 1.63. The van der Waals surface area contributed by atoms with Crippen LogP contribution < -0.4 is 5.32 Å². The molecular formula is C17H19N5O2. The summed E-state index contributed by atoms with van der Waals surface area (Å²) in [5, 5.41) is 15.8. The van der Waals surface area contributed by atoms with Gasteiger partial charge >= 0.3 is 0 Å². The molecule has 2 heterocycles. The van der Waals surface area contributed by atoms with E-state index in [2.05, 4.69) is 21.5 Å². The zero-order valence-corrected chi connectivity index (χ0v) is 13.5. The number of nitrogens with zero attached hydrogens (tertiary/aromatic N) is 4. The van der Waals surface area contributed by atoms with Crippen LogP contribution in [0.1, 0.15) is 30.9 Å². The van der Waals surface area contributed by atoms with Crippen LogP contribution in [0.4, 0.5) is 5.95 Å². The third-order valence-electron chi connectivity index (χ3n) is 4.14. The van der Waals surface area contributed by atoms with Crippen molar-refractivity contribution in [3.05, 3.63) is 41.7 Å². The van der Waals surface area contributed by atoms with Crippen LogP contribution in [-0.2, 0) is 16.1 Å². The lowest BCUT2D eigenvalue weighted by atomic mass is 9.94. The minimum atomic E-state index is -0.163. The highest BCUT2D eigenvalue weighted by Gasteiger charge is 2.29. The molecule has 0 aliphatic carbocycles. The molecule has 1 saturated heterocycles. The fourth-order valence-electron chi connectivity index (χ4n) is 2.77. The maximum Gasteiger partial charge on any atom is 0.248 e. The summed E-state index contributed by atoms with van der Waals surface area (Å²) >= 11 is 0. The number of carbonyl (C=O) groups excluding carboxylic acids is 1. The van der Waals surface area contributed by atoms with Gasteiger partial charge in [-0.2, -0.15) is 5.26 Å². The van der Waals surface area contributed by atoms with E-state index in [9.17, 15) is 4.79 Å². The van der Waals surface area contributed by atoms with E-state index >= 15 is 0 Å². The Morgan fingerprint density at radius 3 is 2.96 bits per heavy atom. The van der Waals surface area contributed by atoms with E-state index in [0.29, 0.717) is 24.7 Å². The maximum atomic E-state index is 12.3. The molecule has 0 radical (unpaired) electrons. The van der Waals surface area contributed by atoms with Crippen LogP contribution in [0.15, 0.2) is 30.6 Å². The van der Waals surface area contributed by atoms with Gasteiger partial charge in [-0.15, -0.1) is 5.10 Å². The highest BCUT2D eigenvalue weighted by Crippen LogP contribution is 2.21. The largest absolute Gasteiger partial charge is 0.378 e. The van der Waals surface area contributed by atoms with Crippen molar-refractivity contribution in [2.75, 3.05) is 11.9 Å². The van der Waals surface area contributed by atoms with E-state index < -0.39 is 0 Å². The number of carbonyl (C=O) groups is 1. The summed E-state index contributed by atoms with van der Waals surface area (Å²) in [5.74, 6) is 0.0361. The Bertz CT molecular complexity index is 747. The van der Waals surface area contributed by atoms with Gasteiger partial charge in [-0.05, 0) is 37.5 Å². The Kier molecular flexibility index (Phi) is 4.87. The van der Waals surface area contributed by atoms with Crippen molar-refractivity contribution < 1.29 is 9.53 Å². The number of nitriles is 1. The fourth-order valence-corrected chi connectivity index (χ4v) is 2.77. The van der Waals surface area contributed by atoms with Crippen LogP contribution >= 0.6 is 0 Å². The highest BCUT2D eigenvalue weighted by atomic mass is 16.5. The molecule has 2 atom stereocenters. The van der Waals surface area contributed by atoms with Gasteiger partial charge in [0.1, 0.15) is 6.33 Å². The second-order valence-corrected chi connectivity index (χ2v) is 5.89. The molecule has 7 heteroatoms. The van der Waals surface area contributed by atoms with Crippen molar-refractivity contribution in [1.82, 2.24) is 14.8 Å². The Balaban J connectivity index is 1.60. The van der Waals surface area contributed by atoms with Crippen LogP contribution in [0.5, 0.6) is 0 Å². The van der Waals surface area contributed by atoms with Crippen molar-refractivity contribution >= 4 is 11.9 Å². The Morgan fingerprint density at radius 2 is 2.25 bits per heavy atom. The van der Waals surface area contributed by atoms with E-state index in [4.69, 9.17) is 10.00 Å². The first kappa shape index (κ1) is 16.1. The average molecular weight is 325 g/mol. The standard InChI is InChI=1S/C17H19N5O2/c1-12-15(3-2-8-24-12)16(23)20-17-19-11-22(21-17)10-14-6-4-13(9-18)5-7-14/h4-7,11-12,15H,2-3,8,10H2,1H3,(H,20,21,23). The highest BCUT2D eigenvalue weighted by molar-refractivity contribution is 5.91. The average Bonchev–Trinajstić information content (AvgIpc) is 3.02. The van der Waals surface area contributed by atoms with Crippen molar-refractivity contribution in [3.8, 4) is 6.07 Å². The number of ether oxygens (including phenoxy) is 1. The number of nitrogens with one attached hydrogen (secondary N) is 1. The molecule has 24 heavy (non-hydrogen) atoms. The van der Waals surface area contributed by atoms with Crippen LogP contribution in [0.2, 0.25) is 0 Å². The summed E-state index contributed by atoms with van der Waals surface area (Å²) in [6, 6.07) is 9.36. The topological polar surface area (TPSA) is 92.8 Å². The molecule has 0 spiro atoms. The predicted molar refractivity (Wildman–Crippen MR) is 87.0 cm³/mol. The SMILES string of the molecule is CC1OCCCC1C(=O)Nc1ncn(Cc2ccc(C#N)cc2)n1. The van der Waals surface area contributed by atoms with Gasteiger partial charge in [0.25, 0.3) is 0 Å². The molecule has 1 aromatic carbocycles. The zero-order valence-electron chi connectivity index (χ0n) is 13.5. The van der Waals surface area contributed by atoms with Gasteiger partial charge in [-0.25, -0.2) is 9.67 Å². The van der Waals surface area contributed by atoms with E-state index in [1.807, 2.05) is 19.1 Å². The third kappa shape index (κ3) is 3.78. The number of benzene rings is 1. The molecule has 3 rings (SSSR count). The number of anilines is 1. The summed E-state index contributed by atoms with van der Waals surface area (Å²) < 4.78 is 7.17. The first-order valence-corrected chi connectivity index (χ1v) is 7.96. The Labute approximate surface area is 140 Å². The number of hydrogen-bond donors (Lipinski definition) is 1. The molecule has 0 saturated carbocycles. The van der Waals surface area contributed by atoms with Gasteiger partial charge in [0, 0.05) is 6.61 Å². The third-order valence-corrected chi connectivity index (χ3v) is 4.14. The van der Waals surface area contributed by atoms with Crippen LogP contribution in [0.3, 0.4) is 0 Å². The van der Waals surface area contributed by atoms with Gasteiger partial charge in [-0.3, -0.25) is 10.1 Å². The molecular weight excluding hydrogens is 306 g/mol. The fraction of sp³-hybridized carbons (Fsp3) is 0.412. The lowest BCUT2D eigenvalue weighted by Gasteiger charge is -2.27.